The van der Waals surface area contributed by atoms with Gasteiger partial charge in [-0.3, -0.25) is 0 Å². The Bertz CT molecular complexity index is 555. The molecule has 0 saturated heterocycles. The van der Waals surface area contributed by atoms with Gasteiger partial charge in [0.2, 0.25) is 0 Å². The standard InChI is InChI=1S/C11H12ClN5S/c12-7-2-1-6(8(13)3-7)5-18-11-16-9(14)4-10(15)17-11/h1-4H,5,13H2,(H4,14,15,16,17). The molecule has 94 valence electrons. The normalized spacial score (nSPS) is 10.5. The predicted octanol–water partition coefficient (Wildman–Crippen LogP) is 2.17. The molecule has 0 aliphatic carbocycles. The predicted molar refractivity (Wildman–Crippen MR) is 76.3 cm³/mol. The first-order valence-corrected chi connectivity index (χ1v) is 6.47. The molecule has 5 nitrogen and oxygen atoms in total. The van der Waals surface area contributed by atoms with Gasteiger partial charge in [-0.25, -0.2) is 9.97 Å². The molecule has 0 atom stereocenters. The number of anilines is 3. The molecule has 18 heavy (non-hydrogen) atoms. The molecule has 0 amide bonds. The Balaban J connectivity index is 2.11. The van der Waals surface area contributed by atoms with E-state index in [1.807, 2.05) is 6.07 Å². The van der Waals surface area contributed by atoms with E-state index in [1.54, 1.807) is 12.1 Å². The molecule has 0 fully saturated rings. The number of hydrogen-bond acceptors (Lipinski definition) is 6. The van der Waals surface area contributed by atoms with Gasteiger partial charge in [0.15, 0.2) is 5.16 Å². The number of benzene rings is 1. The van der Waals surface area contributed by atoms with Crippen LogP contribution >= 0.6 is 23.4 Å². The van der Waals surface area contributed by atoms with E-state index in [0.29, 0.717) is 33.3 Å². The van der Waals surface area contributed by atoms with Gasteiger partial charge in [-0.15, -0.1) is 0 Å². The van der Waals surface area contributed by atoms with Crippen molar-refractivity contribution in [2.24, 2.45) is 0 Å². The zero-order valence-electron chi connectivity index (χ0n) is 9.43. The number of rotatable bonds is 3. The van der Waals surface area contributed by atoms with Gasteiger partial charge in [0.05, 0.1) is 0 Å². The molecule has 0 aliphatic rings. The van der Waals surface area contributed by atoms with Crippen molar-refractivity contribution in [1.29, 1.82) is 0 Å². The van der Waals surface area contributed by atoms with Crippen molar-refractivity contribution < 1.29 is 0 Å². The molecule has 6 N–H and O–H groups in total. The van der Waals surface area contributed by atoms with E-state index in [0.717, 1.165) is 5.56 Å². The van der Waals surface area contributed by atoms with Crippen LogP contribution in [0.15, 0.2) is 29.4 Å². The summed E-state index contributed by atoms with van der Waals surface area (Å²) in [6.45, 7) is 0. The van der Waals surface area contributed by atoms with Crippen LogP contribution in [-0.4, -0.2) is 9.97 Å². The fraction of sp³-hybridized carbons (Fsp3) is 0.0909. The van der Waals surface area contributed by atoms with Crippen LogP contribution in [0.1, 0.15) is 5.56 Å². The molecule has 7 heteroatoms. The first-order valence-electron chi connectivity index (χ1n) is 5.11. The lowest BCUT2D eigenvalue weighted by Gasteiger charge is -2.06. The highest BCUT2D eigenvalue weighted by Gasteiger charge is 2.05. The van der Waals surface area contributed by atoms with Gasteiger partial charge in [0.25, 0.3) is 0 Å². The van der Waals surface area contributed by atoms with Crippen molar-refractivity contribution in [3.63, 3.8) is 0 Å². The lowest BCUT2D eigenvalue weighted by molar-refractivity contribution is 0.984. The Kier molecular flexibility index (Phi) is 3.78. The van der Waals surface area contributed by atoms with Gasteiger partial charge < -0.3 is 17.2 Å². The minimum Gasteiger partial charge on any atom is -0.398 e. The van der Waals surface area contributed by atoms with Crippen LogP contribution in [0.25, 0.3) is 0 Å². The van der Waals surface area contributed by atoms with Crippen LogP contribution in [0.2, 0.25) is 5.02 Å². The van der Waals surface area contributed by atoms with E-state index in [1.165, 1.54) is 17.8 Å². The number of hydrogen-bond donors (Lipinski definition) is 3. The number of aromatic nitrogens is 2. The van der Waals surface area contributed by atoms with Crippen molar-refractivity contribution in [1.82, 2.24) is 9.97 Å². The summed E-state index contributed by atoms with van der Waals surface area (Å²) in [5, 5.41) is 1.15. The number of nitrogen functional groups attached to an aromatic ring is 3. The molecule has 2 aromatic rings. The maximum Gasteiger partial charge on any atom is 0.191 e. The fourth-order valence-electron chi connectivity index (χ4n) is 1.37. The number of nitrogens with zero attached hydrogens (tertiary/aromatic N) is 2. The summed E-state index contributed by atoms with van der Waals surface area (Å²) >= 11 is 7.25. The van der Waals surface area contributed by atoms with Gasteiger partial charge in [-0.05, 0) is 17.7 Å². The maximum atomic E-state index is 5.86. The number of halogens is 1. The summed E-state index contributed by atoms with van der Waals surface area (Å²) in [4.78, 5) is 8.16. The molecule has 1 aromatic heterocycles. The number of thioether (sulfide) groups is 1. The summed E-state index contributed by atoms with van der Waals surface area (Å²) in [6, 6.07) is 6.90. The quantitative estimate of drug-likeness (QED) is 0.452. The molecule has 0 unspecified atom stereocenters. The molecule has 0 spiro atoms. The monoisotopic (exact) mass is 281 g/mol. The minimum absolute atomic E-state index is 0.356. The van der Waals surface area contributed by atoms with Crippen LogP contribution in [0.3, 0.4) is 0 Å². The molecule has 2 rings (SSSR count). The van der Waals surface area contributed by atoms with Gasteiger partial charge >= 0.3 is 0 Å². The van der Waals surface area contributed by atoms with E-state index < -0.39 is 0 Å². The van der Waals surface area contributed by atoms with Crippen molar-refractivity contribution in [3.8, 4) is 0 Å². The summed E-state index contributed by atoms with van der Waals surface area (Å²) < 4.78 is 0. The Hall–Kier alpha value is -1.66. The summed E-state index contributed by atoms with van der Waals surface area (Å²) in [7, 11) is 0. The Morgan fingerprint density at radius 1 is 1.06 bits per heavy atom. The first-order chi connectivity index (χ1) is 8.54. The summed E-state index contributed by atoms with van der Waals surface area (Å²) in [6.07, 6.45) is 0. The average molecular weight is 282 g/mol. The number of nitrogens with two attached hydrogens (primary N) is 3. The van der Waals surface area contributed by atoms with Crippen molar-refractivity contribution in [2.75, 3.05) is 17.2 Å². The van der Waals surface area contributed by atoms with E-state index in [9.17, 15) is 0 Å². The molecule has 0 radical (unpaired) electrons. The SMILES string of the molecule is Nc1cc(N)nc(SCc2ccc(Cl)cc2N)n1. The highest BCUT2D eigenvalue weighted by atomic mass is 35.5. The highest BCUT2D eigenvalue weighted by molar-refractivity contribution is 7.98. The van der Waals surface area contributed by atoms with Gasteiger partial charge in [0, 0.05) is 22.5 Å². The lowest BCUT2D eigenvalue weighted by atomic mass is 10.2. The smallest absolute Gasteiger partial charge is 0.191 e. The summed E-state index contributed by atoms with van der Waals surface area (Å²) in [5.74, 6) is 1.34. The van der Waals surface area contributed by atoms with E-state index in [4.69, 9.17) is 28.8 Å². The average Bonchev–Trinajstić information content (AvgIpc) is 2.26. The van der Waals surface area contributed by atoms with E-state index >= 15 is 0 Å². The summed E-state index contributed by atoms with van der Waals surface area (Å²) in [5.41, 5.74) is 18.7. The third-order valence-corrected chi connectivity index (χ3v) is 3.34. The maximum absolute atomic E-state index is 5.86. The van der Waals surface area contributed by atoms with Crippen molar-refractivity contribution >= 4 is 40.7 Å². The molecule has 0 saturated carbocycles. The second-order valence-corrected chi connectivity index (χ2v) is 5.01. The third-order valence-electron chi connectivity index (χ3n) is 2.21. The van der Waals surface area contributed by atoms with Crippen molar-refractivity contribution in [3.05, 3.63) is 34.9 Å². The lowest BCUT2D eigenvalue weighted by Crippen LogP contribution is -1.99. The van der Waals surface area contributed by atoms with Crippen LogP contribution in [-0.2, 0) is 5.75 Å². The van der Waals surface area contributed by atoms with E-state index in [2.05, 4.69) is 9.97 Å². The first kappa shape index (κ1) is 12.8. The van der Waals surface area contributed by atoms with Crippen LogP contribution in [0.4, 0.5) is 17.3 Å². The topological polar surface area (TPSA) is 104 Å². The second kappa shape index (κ2) is 5.32. The molecule has 0 aliphatic heterocycles. The minimum atomic E-state index is 0.356. The zero-order valence-corrected chi connectivity index (χ0v) is 11.0. The molecule has 1 aromatic carbocycles. The van der Waals surface area contributed by atoms with E-state index in [-0.39, 0.29) is 0 Å². The Morgan fingerprint density at radius 3 is 2.33 bits per heavy atom. The largest absolute Gasteiger partial charge is 0.398 e. The van der Waals surface area contributed by atoms with Gasteiger partial charge in [-0.2, -0.15) is 0 Å². The fourth-order valence-corrected chi connectivity index (χ4v) is 2.43. The van der Waals surface area contributed by atoms with Crippen LogP contribution in [0, 0.1) is 0 Å². The third kappa shape index (κ3) is 3.18. The Labute approximate surface area is 114 Å². The van der Waals surface area contributed by atoms with Gasteiger partial charge in [-0.1, -0.05) is 29.4 Å². The molecular weight excluding hydrogens is 270 g/mol. The van der Waals surface area contributed by atoms with Crippen LogP contribution < -0.4 is 17.2 Å². The second-order valence-electron chi connectivity index (χ2n) is 3.63. The Morgan fingerprint density at radius 2 is 1.72 bits per heavy atom. The zero-order chi connectivity index (χ0) is 13.1. The molecule has 1 heterocycles. The molecular formula is C11H12ClN5S. The van der Waals surface area contributed by atoms with Crippen LogP contribution in [0.5, 0.6) is 0 Å². The van der Waals surface area contributed by atoms with Gasteiger partial charge in [0.1, 0.15) is 11.6 Å². The van der Waals surface area contributed by atoms with Crippen molar-refractivity contribution in [2.45, 2.75) is 10.9 Å². The highest BCUT2D eigenvalue weighted by Crippen LogP contribution is 2.26. The molecule has 0 bridgehead atoms.